The van der Waals surface area contributed by atoms with Gasteiger partial charge in [0.25, 0.3) is 10.1 Å². The Bertz CT molecular complexity index is 402. The first kappa shape index (κ1) is 13.2. The van der Waals surface area contributed by atoms with Gasteiger partial charge in [0.1, 0.15) is 0 Å². The molecule has 0 heterocycles. The molecule has 0 amide bonds. The van der Waals surface area contributed by atoms with E-state index in [9.17, 15) is 8.42 Å². The molecule has 0 saturated heterocycles. The fourth-order valence-corrected chi connectivity index (χ4v) is 1.70. The van der Waals surface area contributed by atoms with Gasteiger partial charge in [0.05, 0.1) is 12.9 Å². The summed E-state index contributed by atoms with van der Waals surface area (Å²) in [4.78, 5) is 2.01. The maximum atomic E-state index is 10.7. The van der Waals surface area contributed by atoms with E-state index in [-0.39, 0.29) is 6.61 Å². The van der Waals surface area contributed by atoms with Crippen LogP contribution in [0.3, 0.4) is 0 Å². The van der Waals surface area contributed by atoms with Crippen LogP contribution in [0.25, 0.3) is 0 Å². The molecule has 90 valence electrons. The molecule has 0 aliphatic rings. The summed E-state index contributed by atoms with van der Waals surface area (Å²) in [7, 11) is -1.39. The van der Waals surface area contributed by atoms with Crippen molar-refractivity contribution in [2.45, 2.75) is 6.54 Å². The van der Waals surface area contributed by atoms with E-state index in [0.717, 1.165) is 12.8 Å². The molecule has 0 saturated carbocycles. The molecule has 5 heteroatoms. The van der Waals surface area contributed by atoms with Crippen LogP contribution in [0, 0.1) is 0 Å². The van der Waals surface area contributed by atoms with E-state index < -0.39 is 10.1 Å². The zero-order chi connectivity index (χ0) is 12.0. The molecule has 0 aliphatic carbocycles. The summed E-state index contributed by atoms with van der Waals surface area (Å²) < 4.78 is 26.1. The van der Waals surface area contributed by atoms with Gasteiger partial charge in [0.2, 0.25) is 0 Å². The second-order valence-corrected chi connectivity index (χ2v) is 5.39. The second-order valence-electron chi connectivity index (χ2n) is 3.75. The highest BCUT2D eigenvalue weighted by molar-refractivity contribution is 7.85. The van der Waals surface area contributed by atoms with Crippen LogP contribution < -0.4 is 0 Å². The molecule has 0 spiro atoms. The Kier molecular flexibility index (Phi) is 4.92. The lowest BCUT2D eigenvalue weighted by Gasteiger charge is -2.15. The highest BCUT2D eigenvalue weighted by Crippen LogP contribution is 2.02. The Morgan fingerprint density at radius 3 is 2.44 bits per heavy atom. The Balaban J connectivity index is 2.29. The van der Waals surface area contributed by atoms with Gasteiger partial charge in [0, 0.05) is 13.1 Å². The SMILES string of the molecule is CN(CCOS(C)(=O)=O)Cc1ccccc1. The number of rotatable bonds is 6. The third-order valence-electron chi connectivity index (χ3n) is 2.07. The van der Waals surface area contributed by atoms with Crippen molar-refractivity contribution in [2.75, 3.05) is 26.5 Å². The number of benzene rings is 1. The zero-order valence-electron chi connectivity index (χ0n) is 9.59. The summed E-state index contributed by atoms with van der Waals surface area (Å²) in [5, 5.41) is 0. The fraction of sp³-hybridized carbons (Fsp3) is 0.455. The van der Waals surface area contributed by atoms with Crippen molar-refractivity contribution in [2.24, 2.45) is 0 Å². The largest absolute Gasteiger partial charge is 0.300 e. The van der Waals surface area contributed by atoms with Gasteiger partial charge in [-0.15, -0.1) is 0 Å². The molecule has 0 aliphatic heterocycles. The van der Waals surface area contributed by atoms with Crippen molar-refractivity contribution < 1.29 is 12.6 Å². The molecule has 1 aromatic rings. The van der Waals surface area contributed by atoms with Gasteiger partial charge in [-0.3, -0.25) is 9.08 Å². The first-order chi connectivity index (χ1) is 7.47. The fourth-order valence-electron chi connectivity index (χ4n) is 1.32. The van der Waals surface area contributed by atoms with Crippen molar-refractivity contribution in [3.8, 4) is 0 Å². The number of nitrogens with zero attached hydrogens (tertiary/aromatic N) is 1. The van der Waals surface area contributed by atoms with Crippen LogP contribution in [0.1, 0.15) is 5.56 Å². The number of likely N-dealkylation sites (N-methyl/N-ethyl adjacent to an activating group) is 1. The zero-order valence-corrected chi connectivity index (χ0v) is 10.4. The van der Waals surface area contributed by atoms with Gasteiger partial charge in [-0.05, 0) is 12.6 Å². The smallest absolute Gasteiger partial charge is 0.264 e. The third-order valence-corrected chi connectivity index (χ3v) is 2.66. The molecule has 0 aromatic heterocycles. The minimum atomic E-state index is -3.32. The van der Waals surface area contributed by atoms with Crippen LogP contribution in [-0.2, 0) is 20.8 Å². The number of hydrogen-bond donors (Lipinski definition) is 0. The van der Waals surface area contributed by atoms with Crippen molar-refractivity contribution in [3.05, 3.63) is 35.9 Å². The average molecular weight is 243 g/mol. The highest BCUT2D eigenvalue weighted by atomic mass is 32.2. The van der Waals surface area contributed by atoms with Gasteiger partial charge in [-0.1, -0.05) is 30.3 Å². The lowest BCUT2D eigenvalue weighted by atomic mass is 10.2. The van der Waals surface area contributed by atoms with E-state index in [1.807, 2.05) is 42.3 Å². The quantitative estimate of drug-likeness (QED) is 0.702. The Morgan fingerprint density at radius 1 is 1.25 bits per heavy atom. The second kappa shape index (κ2) is 5.98. The minimum Gasteiger partial charge on any atom is -0.300 e. The van der Waals surface area contributed by atoms with Crippen LogP contribution >= 0.6 is 0 Å². The summed E-state index contributed by atoms with van der Waals surface area (Å²) >= 11 is 0. The molecule has 0 bridgehead atoms. The first-order valence-corrected chi connectivity index (χ1v) is 6.86. The Morgan fingerprint density at radius 2 is 1.88 bits per heavy atom. The summed E-state index contributed by atoms with van der Waals surface area (Å²) in [6.45, 7) is 1.57. The van der Waals surface area contributed by atoms with Crippen LogP contribution in [0.2, 0.25) is 0 Å². The van der Waals surface area contributed by atoms with Crippen LogP contribution in [0.5, 0.6) is 0 Å². The monoisotopic (exact) mass is 243 g/mol. The molecular formula is C11H17NO3S. The number of hydrogen-bond acceptors (Lipinski definition) is 4. The van der Waals surface area contributed by atoms with Crippen LogP contribution in [0.15, 0.2) is 30.3 Å². The van der Waals surface area contributed by atoms with Gasteiger partial charge >= 0.3 is 0 Å². The van der Waals surface area contributed by atoms with E-state index in [1.165, 1.54) is 5.56 Å². The molecule has 4 nitrogen and oxygen atoms in total. The maximum absolute atomic E-state index is 10.7. The lowest BCUT2D eigenvalue weighted by molar-refractivity contribution is 0.238. The summed E-state index contributed by atoms with van der Waals surface area (Å²) in [6.07, 6.45) is 1.06. The van der Waals surface area contributed by atoms with Crippen LogP contribution in [-0.4, -0.2) is 39.8 Å². The van der Waals surface area contributed by atoms with Gasteiger partial charge in [-0.2, -0.15) is 8.42 Å². The van der Waals surface area contributed by atoms with Crippen LogP contribution in [0.4, 0.5) is 0 Å². The highest BCUT2D eigenvalue weighted by Gasteiger charge is 2.04. The molecule has 1 aromatic carbocycles. The predicted octanol–water partition coefficient (Wildman–Crippen LogP) is 1.09. The molecule has 16 heavy (non-hydrogen) atoms. The Hall–Kier alpha value is -0.910. The molecule has 0 fully saturated rings. The normalized spacial score (nSPS) is 11.9. The minimum absolute atomic E-state index is 0.197. The molecule has 0 atom stereocenters. The lowest BCUT2D eigenvalue weighted by Crippen LogP contribution is -2.23. The molecule has 1 rings (SSSR count). The third kappa shape index (κ3) is 5.85. The molecule has 0 N–H and O–H groups in total. The summed E-state index contributed by atoms with van der Waals surface area (Å²) in [5.74, 6) is 0. The molecule has 0 radical (unpaired) electrons. The molecule has 0 unspecified atom stereocenters. The first-order valence-electron chi connectivity index (χ1n) is 5.04. The van der Waals surface area contributed by atoms with Gasteiger partial charge in [0.15, 0.2) is 0 Å². The van der Waals surface area contributed by atoms with E-state index in [4.69, 9.17) is 0 Å². The van der Waals surface area contributed by atoms with Crippen molar-refractivity contribution in [1.29, 1.82) is 0 Å². The van der Waals surface area contributed by atoms with E-state index in [1.54, 1.807) is 0 Å². The van der Waals surface area contributed by atoms with Crippen molar-refractivity contribution >= 4 is 10.1 Å². The average Bonchev–Trinajstić information content (AvgIpc) is 2.17. The Labute approximate surface area is 97.0 Å². The standard InChI is InChI=1S/C11H17NO3S/c1-12(8-9-15-16(2,13)14)10-11-6-4-3-5-7-11/h3-7H,8-10H2,1-2H3. The maximum Gasteiger partial charge on any atom is 0.264 e. The van der Waals surface area contributed by atoms with Gasteiger partial charge in [-0.25, -0.2) is 0 Å². The van der Waals surface area contributed by atoms with Crippen molar-refractivity contribution in [3.63, 3.8) is 0 Å². The van der Waals surface area contributed by atoms with E-state index in [2.05, 4.69) is 4.18 Å². The van der Waals surface area contributed by atoms with E-state index >= 15 is 0 Å². The molecular weight excluding hydrogens is 226 g/mol. The van der Waals surface area contributed by atoms with Crippen molar-refractivity contribution in [1.82, 2.24) is 4.90 Å². The summed E-state index contributed by atoms with van der Waals surface area (Å²) in [5.41, 5.74) is 1.20. The van der Waals surface area contributed by atoms with E-state index in [0.29, 0.717) is 6.54 Å². The predicted molar refractivity (Wildman–Crippen MR) is 63.6 cm³/mol. The topological polar surface area (TPSA) is 46.6 Å². The summed E-state index contributed by atoms with van der Waals surface area (Å²) in [6, 6.07) is 10.0. The van der Waals surface area contributed by atoms with Gasteiger partial charge < -0.3 is 0 Å².